The predicted molar refractivity (Wildman–Crippen MR) is 117 cm³/mol. The minimum Gasteiger partial charge on any atom is -0.334 e. The van der Waals surface area contributed by atoms with Crippen LogP contribution < -0.4 is 5.32 Å². The van der Waals surface area contributed by atoms with Gasteiger partial charge in [0.15, 0.2) is 0 Å². The molecule has 3 aromatic carbocycles. The van der Waals surface area contributed by atoms with E-state index in [1.165, 1.54) is 0 Å². The van der Waals surface area contributed by atoms with Gasteiger partial charge in [0.1, 0.15) is 5.82 Å². The van der Waals surface area contributed by atoms with Gasteiger partial charge in [-0.1, -0.05) is 72.8 Å². The van der Waals surface area contributed by atoms with Gasteiger partial charge in [-0.15, -0.1) is 0 Å². The number of imidazole rings is 1. The second kappa shape index (κ2) is 8.57. The normalized spacial score (nSPS) is 10.8. The van der Waals surface area contributed by atoms with E-state index >= 15 is 0 Å². The number of nitrogens with one attached hydrogen (secondary N) is 1. The van der Waals surface area contributed by atoms with Crippen LogP contribution in [-0.4, -0.2) is 15.5 Å². The minimum atomic E-state index is -0.0142. The molecule has 0 atom stereocenters. The molecule has 0 bridgehead atoms. The number of aromatic nitrogens is 2. The number of aryl methyl sites for hydroxylation is 1. The van der Waals surface area contributed by atoms with E-state index in [9.17, 15) is 4.79 Å². The standard InChI is InChI=1S/C25H23N3O/c1-28-16-15-26-25(28)21-13-8-14-22(17-21)27-24(29)18-23(19-9-4-2-5-10-19)20-11-6-3-7-12-20/h2-17,23H,18H2,1H3,(H,27,29). The van der Waals surface area contributed by atoms with Crippen molar-refractivity contribution >= 4 is 11.6 Å². The fraction of sp³-hybridized carbons (Fsp3) is 0.120. The van der Waals surface area contributed by atoms with Crippen LogP contribution in [0.4, 0.5) is 5.69 Å². The van der Waals surface area contributed by atoms with Crippen LogP contribution in [0.1, 0.15) is 23.5 Å². The maximum absolute atomic E-state index is 12.9. The summed E-state index contributed by atoms with van der Waals surface area (Å²) in [7, 11) is 1.96. The number of hydrogen-bond donors (Lipinski definition) is 1. The molecule has 1 heterocycles. The van der Waals surface area contributed by atoms with Gasteiger partial charge in [0.25, 0.3) is 0 Å². The monoisotopic (exact) mass is 381 g/mol. The van der Waals surface area contributed by atoms with Crippen LogP contribution in [0.15, 0.2) is 97.3 Å². The molecule has 4 rings (SSSR count). The van der Waals surface area contributed by atoms with Gasteiger partial charge in [-0.3, -0.25) is 4.79 Å². The third-order valence-electron chi connectivity index (χ3n) is 5.02. The summed E-state index contributed by atoms with van der Waals surface area (Å²) in [6.45, 7) is 0. The summed E-state index contributed by atoms with van der Waals surface area (Å²) >= 11 is 0. The van der Waals surface area contributed by atoms with Crippen molar-refractivity contribution in [2.45, 2.75) is 12.3 Å². The van der Waals surface area contributed by atoms with Gasteiger partial charge < -0.3 is 9.88 Å². The molecule has 0 fully saturated rings. The summed E-state index contributed by atoms with van der Waals surface area (Å²) in [5, 5.41) is 3.06. The Morgan fingerprint density at radius 1 is 0.931 bits per heavy atom. The zero-order chi connectivity index (χ0) is 20.1. The lowest BCUT2D eigenvalue weighted by Gasteiger charge is -2.18. The summed E-state index contributed by atoms with van der Waals surface area (Å²) in [6, 6.07) is 28.1. The number of carbonyl (C=O) groups is 1. The SMILES string of the molecule is Cn1ccnc1-c1cccc(NC(=O)CC(c2ccccc2)c2ccccc2)c1. The minimum absolute atomic E-state index is 0.00937. The molecule has 1 aromatic heterocycles. The number of rotatable bonds is 6. The molecule has 1 N–H and O–H groups in total. The van der Waals surface area contributed by atoms with E-state index in [2.05, 4.69) is 34.6 Å². The Kier molecular flexibility index (Phi) is 5.52. The third-order valence-corrected chi connectivity index (χ3v) is 5.02. The topological polar surface area (TPSA) is 46.9 Å². The van der Waals surface area contributed by atoms with Gasteiger partial charge in [-0.2, -0.15) is 0 Å². The van der Waals surface area contributed by atoms with E-state index in [1.807, 2.05) is 78.5 Å². The lowest BCUT2D eigenvalue weighted by atomic mass is 9.88. The van der Waals surface area contributed by atoms with Crippen LogP contribution >= 0.6 is 0 Å². The molecular weight excluding hydrogens is 358 g/mol. The number of anilines is 1. The molecule has 0 saturated heterocycles. The van der Waals surface area contributed by atoms with Crippen molar-refractivity contribution in [3.05, 3.63) is 108 Å². The highest BCUT2D eigenvalue weighted by atomic mass is 16.1. The lowest BCUT2D eigenvalue weighted by Crippen LogP contribution is -2.16. The molecule has 0 unspecified atom stereocenters. The first-order valence-corrected chi connectivity index (χ1v) is 9.68. The molecule has 29 heavy (non-hydrogen) atoms. The van der Waals surface area contributed by atoms with Crippen molar-refractivity contribution in [3.8, 4) is 11.4 Å². The average molecular weight is 381 g/mol. The molecule has 144 valence electrons. The first-order valence-electron chi connectivity index (χ1n) is 9.68. The van der Waals surface area contributed by atoms with Crippen LogP contribution in [-0.2, 0) is 11.8 Å². The van der Waals surface area contributed by atoms with E-state index in [4.69, 9.17) is 0 Å². The molecule has 0 saturated carbocycles. The van der Waals surface area contributed by atoms with Crippen LogP contribution in [0, 0.1) is 0 Å². The third kappa shape index (κ3) is 4.43. The summed E-state index contributed by atoms with van der Waals surface area (Å²) in [6.07, 6.45) is 4.05. The van der Waals surface area contributed by atoms with E-state index in [0.29, 0.717) is 6.42 Å². The Bertz CT molecular complexity index is 1050. The molecule has 0 aliphatic rings. The zero-order valence-corrected chi connectivity index (χ0v) is 16.3. The van der Waals surface area contributed by atoms with Crippen molar-refractivity contribution in [1.29, 1.82) is 0 Å². The second-order valence-electron chi connectivity index (χ2n) is 7.07. The van der Waals surface area contributed by atoms with Crippen molar-refractivity contribution < 1.29 is 4.79 Å². The maximum Gasteiger partial charge on any atom is 0.225 e. The molecule has 4 aromatic rings. The summed E-state index contributed by atoms with van der Waals surface area (Å²) in [5.74, 6) is 0.863. The van der Waals surface area contributed by atoms with Gasteiger partial charge in [0.2, 0.25) is 5.91 Å². The fourth-order valence-corrected chi connectivity index (χ4v) is 3.58. The van der Waals surface area contributed by atoms with Crippen LogP contribution in [0.2, 0.25) is 0 Å². The molecule has 0 spiro atoms. The smallest absolute Gasteiger partial charge is 0.225 e. The quantitative estimate of drug-likeness (QED) is 0.496. The Balaban J connectivity index is 1.54. The first kappa shape index (κ1) is 18.7. The average Bonchev–Trinajstić information content (AvgIpc) is 3.19. The zero-order valence-electron chi connectivity index (χ0n) is 16.3. The highest BCUT2D eigenvalue weighted by Crippen LogP contribution is 2.28. The summed E-state index contributed by atoms with van der Waals surface area (Å²) < 4.78 is 1.96. The van der Waals surface area contributed by atoms with Crippen molar-refractivity contribution in [1.82, 2.24) is 9.55 Å². The summed E-state index contributed by atoms with van der Waals surface area (Å²) in [5.41, 5.74) is 4.01. The summed E-state index contributed by atoms with van der Waals surface area (Å²) in [4.78, 5) is 17.3. The second-order valence-corrected chi connectivity index (χ2v) is 7.07. The lowest BCUT2D eigenvalue weighted by molar-refractivity contribution is -0.116. The number of hydrogen-bond acceptors (Lipinski definition) is 2. The molecule has 0 aliphatic heterocycles. The molecule has 0 aliphatic carbocycles. The maximum atomic E-state index is 12.9. The highest BCUT2D eigenvalue weighted by molar-refractivity contribution is 5.92. The largest absolute Gasteiger partial charge is 0.334 e. The predicted octanol–water partition coefficient (Wildman–Crippen LogP) is 5.25. The van der Waals surface area contributed by atoms with Crippen molar-refractivity contribution in [2.24, 2.45) is 7.05 Å². The van der Waals surface area contributed by atoms with Gasteiger partial charge in [0.05, 0.1) is 0 Å². The van der Waals surface area contributed by atoms with Crippen LogP contribution in [0.25, 0.3) is 11.4 Å². The van der Waals surface area contributed by atoms with Gasteiger partial charge in [0, 0.05) is 43.0 Å². The number of carbonyl (C=O) groups excluding carboxylic acids is 1. The number of amides is 1. The molecule has 4 nitrogen and oxygen atoms in total. The van der Waals surface area contributed by atoms with E-state index in [0.717, 1.165) is 28.2 Å². The Labute approximate surface area is 170 Å². The molecule has 1 amide bonds. The molecule has 0 radical (unpaired) electrons. The Hall–Kier alpha value is -3.66. The van der Waals surface area contributed by atoms with Crippen LogP contribution in [0.5, 0.6) is 0 Å². The van der Waals surface area contributed by atoms with Crippen LogP contribution in [0.3, 0.4) is 0 Å². The number of benzene rings is 3. The first-order chi connectivity index (χ1) is 14.2. The fourth-order valence-electron chi connectivity index (χ4n) is 3.58. The molecule has 4 heteroatoms. The van der Waals surface area contributed by atoms with Crippen molar-refractivity contribution in [2.75, 3.05) is 5.32 Å². The molecular formula is C25H23N3O. The highest BCUT2D eigenvalue weighted by Gasteiger charge is 2.18. The van der Waals surface area contributed by atoms with Gasteiger partial charge in [-0.05, 0) is 23.3 Å². The van der Waals surface area contributed by atoms with E-state index in [1.54, 1.807) is 6.20 Å². The van der Waals surface area contributed by atoms with Gasteiger partial charge >= 0.3 is 0 Å². The van der Waals surface area contributed by atoms with E-state index in [-0.39, 0.29) is 11.8 Å². The Morgan fingerprint density at radius 3 is 2.17 bits per heavy atom. The van der Waals surface area contributed by atoms with Gasteiger partial charge in [-0.25, -0.2) is 4.98 Å². The Morgan fingerprint density at radius 2 is 1.59 bits per heavy atom. The number of nitrogens with zero attached hydrogens (tertiary/aromatic N) is 2. The van der Waals surface area contributed by atoms with E-state index < -0.39 is 0 Å². The van der Waals surface area contributed by atoms with Crippen molar-refractivity contribution in [3.63, 3.8) is 0 Å².